The maximum atomic E-state index is 11.7. The molecule has 7 heteroatoms. The smallest absolute Gasteiger partial charge is 0.277 e. The molecule has 2 N–H and O–H groups in total. The summed E-state index contributed by atoms with van der Waals surface area (Å²) >= 11 is 9.07. The van der Waals surface area contributed by atoms with Gasteiger partial charge in [0.05, 0.1) is 10.7 Å². The average Bonchev–Trinajstić information content (AvgIpc) is 2.49. The number of carbonyl (C=O) groups excluding carboxylic acids is 1. The molecule has 24 heavy (non-hydrogen) atoms. The van der Waals surface area contributed by atoms with Crippen molar-refractivity contribution in [1.82, 2.24) is 5.43 Å². The van der Waals surface area contributed by atoms with E-state index in [0.717, 1.165) is 11.1 Å². The number of nitrogens with one attached hydrogen (secondary N) is 1. The van der Waals surface area contributed by atoms with Crippen LogP contribution in [0.3, 0.4) is 0 Å². The Morgan fingerprint density at radius 3 is 2.62 bits per heavy atom. The Kier molecular flexibility index (Phi) is 6.23. The van der Waals surface area contributed by atoms with Crippen LogP contribution in [0.4, 0.5) is 0 Å². The van der Waals surface area contributed by atoms with Crippen LogP contribution in [0, 0.1) is 13.8 Å². The minimum atomic E-state index is -0.411. The molecule has 0 aliphatic heterocycles. The lowest BCUT2D eigenvalue weighted by molar-refractivity contribution is -0.123. The van der Waals surface area contributed by atoms with E-state index in [1.807, 2.05) is 32.0 Å². The van der Waals surface area contributed by atoms with Crippen LogP contribution in [0.25, 0.3) is 0 Å². The molecule has 0 radical (unpaired) electrons. The Bertz CT molecular complexity index is 773. The fraction of sp³-hybridized carbons (Fsp3) is 0.176. The number of halogens is 2. The second-order valence-electron chi connectivity index (χ2n) is 5.23. The first-order valence-corrected chi connectivity index (χ1v) is 8.23. The molecule has 0 bridgehead atoms. The summed E-state index contributed by atoms with van der Waals surface area (Å²) in [5.74, 6) is 0.206. The summed E-state index contributed by atoms with van der Waals surface area (Å²) in [5.41, 5.74) is 4.83. The van der Waals surface area contributed by atoms with Crippen LogP contribution < -0.4 is 10.2 Å². The van der Waals surface area contributed by atoms with Crippen LogP contribution >= 0.6 is 27.5 Å². The van der Waals surface area contributed by atoms with Gasteiger partial charge >= 0.3 is 0 Å². The van der Waals surface area contributed by atoms with Crippen molar-refractivity contribution in [3.63, 3.8) is 0 Å². The van der Waals surface area contributed by atoms with Crippen molar-refractivity contribution in [3.8, 4) is 11.5 Å². The number of ether oxygens (including phenoxy) is 1. The van der Waals surface area contributed by atoms with Gasteiger partial charge in [-0.25, -0.2) is 5.43 Å². The molecule has 0 saturated carbocycles. The summed E-state index contributed by atoms with van der Waals surface area (Å²) in [5, 5.41) is 14.1. The minimum absolute atomic E-state index is 0.0103. The SMILES string of the molecule is Cc1cc(C)cc(OCC(=O)N/N=C/c2cc(Cl)cc(Br)c2O)c1. The topological polar surface area (TPSA) is 70.9 Å². The van der Waals surface area contributed by atoms with E-state index in [2.05, 4.69) is 26.5 Å². The normalized spacial score (nSPS) is 10.8. The highest BCUT2D eigenvalue weighted by Gasteiger charge is 2.06. The summed E-state index contributed by atoms with van der Waals surface area (Å²) in [4.78, 5) is 11.7. The van der Waals surface area contributed by atoms with E-state index in [1.54, 1.807) is 6.07 Å². The summed E-state index contributed by atoms with van der Waals surface area (Å²) in [6.45, 7) is 3.76. The van der Waals surface area contributed by atoms with Crippen molar-refractivity contribution in [2.45, 2.75) is 13.8 Å². The molecule has 2 aromatic carbocycles. The number of aromatic hydroxyl groups is 1. The van der Waals surface area contributed by atoms with Gasteiger partial charge in [0.2, 0.25) is 0 Å². The van der Waals surface area contributed by atoms with Gasteiger partial charge in [-0.2, -0.15) is 5.10 Å². The van der Waals surface area contributed by atoms with Crippen molar-refractivity contribution in [3.05, 3.63) is 56.5 Å². The zero-order valence-electron chi connectivity index (χ0n) is 13.1. The molecule has 0 unspecified atom stereocenters. The van der Waals surface area contributed by atoms with Gasteiger partial charge in [0.15, 0.2) is 6.61 Å². The largest absolute Gasteiger partial charge is 0.506 e. The van der Waals surface area contributed by atoms with Gasteiger partial charge < -0.3 is 9.84 Å². The van der Waals surface area contributed by atoms with Gasteiger partial charge in [-0.05, 0) is 65.2 Å². The van der Waals surface area contributed by atoms with Crippen LogP contribution in [0.2, 0.25) is 5.02 Å². The molecule has 0 atom stereocenters. The second-order valence-corrected chi connectivity index (χ2v) is 6.52. The number of phenolic OH excluding ortho intramolecular Hbond substituents is 1. The van der Waals surface area contributed by atoms with Crippen LogP contribution in [-0.2, 0) is 4.79 Å². The highest BCUT2D eigenvalue weighted by atomic mass is 79.9. The van der Waals surface area contributed by atoms with Crippen LogP contribution in [0.15, 0.2) is 39.9 Å². The predicted octanol–water partition coefficient (Wildman–Crippen LogP) is 3.95. The number of rotatable bonds is 5. The van der Waals surface area contributed by atoms with E-state index < -0.39 is 5.91 Å². The van der Waals surface area contributed by atoms with Crippen molar-refractivity contribution < 1.29 is 14.6 Å². The zero-order valence-corrected chi connectivity index (χ0v) is 15.5. The molecule has 2 aromatic rings. The lowest BCUT2D eigenvalue weighted by Gasteiger charge is -2.07. The first-order chi connectivity index (χ1) is 11.3. The van der Waals surface area contributed by atoms with Gasteiger partial charge in [0, 0.05) is 10.6 Å². The lowest BCUT2D eigenvalue weighted by atomic mass is 10.1. The van der Waals surface area contributed by atoms with E-state index >= 15 is 0 Å². The second kappa shape index (κ2) is 8.17. The van der Waals surface area contributed by atoms with Gasteiger partial charge in [0.1, 0.15) is 11.5 Å². The summed E-state index contributed by atoms with van der Waals surface area (Å²) in [6, 6.07) is 8.82. The summed E-state index contributed by atoms with van der Waals surface area (Å²) in [7, 11) is 0. The highest BCUT2D eigenvalue weighted by molar-refractivity contribution is 9.10. The standard InChI is InChI=1S/C17H16BrClN2O3/c1-10-3-11(2)5-14(4-10)24-9-16(22)21-20-8-12-6-13(19)7-15(18)17(12)23/h3-8,23H,9H2,1-2H3,(H,21,22)/b20-8+. The first kappa shape index (κ1) is 18.3. The van der Waals surface area contributed by atoms with Gasteiger partial charge in [-0.15, -0.1) is 0 Å². The van der Waals surface area contributed by atoms with Crippen molar-refractivity contribution in [1.29, 1.82) is 0 Å². The number of hydrogen-bond acceptors (Lipinski definition) is 4. The number of amides is 1. The maximum absolute atomic E-state index is 11.7. The fourth-order valence-corrected chi connectivity index (χ4v) is 2.89. The van der Waals surface area contributed by atoms with Crippen molar-refractivity contribution in [2.75, 3.05) is 6.61 Å². The lowest BCUT2D eigenvalue weighted by Crippen LogP contribution is -2.24. The van der Waals surface area contributed by atoms with E-state index in [0.29, 0.717) is 20.8 Å². The van der Waals surface area contributed by atoms with Crippen LogP contribution in [-0.4, -0.2) is 23.8 Å². The van der Waals surface area contributed by atoms with Gasteiger partial charge in [0.25, 0.3) is 5.91 Å². The monoisotopic (exact) mass is 410 g/mol. The van der Waals surface area contributed by atoms with Crippen molar-refractivity contribution in [2.24, 2.45) is 5.10 Å². The molecule has 2 rings (SSSR count). The van der Waals surface area contributed by atoms with E-state index in [-0.39, 0.29) is 12.4 Å². The molecule has 0 spiro atoms. The van der Waals surface area contributed by atoms with Crippen LogP contribution in [0.5, 0.6) is 11.5 Å². The van der Waals surface area contributed by atoms with E-state index in [9.17, 15) is 9.90 Å². The molecular weight excluding hydrogens is 396 g/mol. The molecular formula is C17H16BrClN2O3. The van der Waals surface area contributed by atoms with E-state index in [1.165, 1.54) is 12.3 Å². The number of hydrogen-bond donors (Lipinski definition) is 2. The Morgan fingerprint density at radius 2 is 1.96 bits per heavy atom. The highest BCUT2D eigenvalue weighted by Crippen LogP contribution is 2.30. The zero-order chi connectivity index (χ0) is 17.7. The Labute approximate surface area is 153 Å². The Balaban J connectivity index is 1.91. The van der Waals surface area contributed by atoms with E-state index in [4.69, 9.17) is 16.3 Å². The molecule has 0 saturated heterocycles. The fourth-order valence-electron chi connectivity index (χ4n) is 2.06. The first-order valence-electron chi connectivity index (χ1n) is 7.06. The predicted molar refractivity (Wildman–Crippen MR) is 98.0 cm³/mol. The van der Waals surface area contributed by atoms with Gasteiger partial charge in [-0.1, -0.05) is 17.7 Å². The Hall–Kier alpha value is -2.05. The molecule has 0 heterocycles. The molecule has 126 valence electrons. The molecule has 0 aliphatic rings. The van der Waals surface area contributed by atoms with Crippen LogP contribution in [0.1, 0.15) is 16.7 Å². The average molecular weight is 412 g/mol. The summed E-state index contributed by atoms with van der Waals surface area (Å²) < 4.78 is 5.88. The quantitative estimate of drug-likeness (QED) is 0.578. The molecule has 0 aromatic heterocycles. The Morgan fingerprint density at radius 1 is 1.29 bits per heavy atom. The third-order valence-electron chi connectivity index (χ3n) is 3.02. The minimum Gasteiger partial charge on any atom is -0.506 e. The number of aryl methyl sites for hydroxylation is 2. The number of phenols is 1. The number of carbonyl (C=O) groups is 1. The van der Waals surface area contributed by atoms with Crippen molar-refractivity contribution >= 4 is 39.7 Å². The third-order valence-corrected chi connectivity index (χ3v) is 3.84. The molecule has 1 amide bonds. The molecule has 0 aliphatic carbocycles. The number of benzene rings is 2. The van der Waals surface area contributed by atoms with Gasteiger partial charge in [-0.3, -0.25) is 4.79 Å². The number of hydrazone groups is 1. The molecule has 0 fully saturated rings. The maximum Gasteiger partial charge on any atom is 0.277 e. The summed E-state index contributed by atoms with van der Waals surface area (Å²) in [6.07, 6.45) is 1.31. The molecule has 5 nitrogen and oxygen atoms in total. The third kappa shape index (κ3) is 5.25. The number of nitrogens with zero attached hydrogens (tertiary/aromatic N) is 1.